The fourth-order valence-electron chi connectivity index (χ4n) is 0.948. The van der Waals surface area contributed by atoms with Crippen molar-refractivity contribution in [3.8, 4) is 0 Å². The van der Waals surface area contributed by atoms with Crippen LogP contribution in [0.15, 0.2) is 6.33 Å². The molecule has 0 saturated carbocycles. The number of hydrogen-bond acceptors (Lipinski definition) is 2. The van der Waals surface area contributed by atoms with Crippen molar-refractivity contribution in [2.24, 2.45) is 0 Å². The molecule has 1 rings (SSSR count). The minimum Gasteiger partial charge on any atom is -0.231 e. The van der Waals surface area contributed by atoms with Crippen LogP contribution in [0.3, 0.4) is 0 Å². The van der Waals surface area contributed by atoms with Crippen LogP contribution in [0.4, 0.5) is 13.2 Å². The molecular formula is C7H6ClF3N2. The fourth-order valence-corrected chi connectivity index (χ4v) is 1.22. The molecule has 1 heterocycles. The van der Waals surface area contributed by atoms with Crippen molar-refractivity contribution in [2.75, 3.05) is 0 Å². The molecule has 0 fully saturated rings. The molecule has 1 aromatic heterocycles. The molecule has 0 aliphatic rings. The lowest BCUT2D eigenvalue weighted by Gasteiger charge is -2.10. The van der Waals surface area contributed by atoms with E-state index in [1.54, 1.807) is 6.92 Å². The highest BCUT2D eigenvalue weighted by molar-refractivity contribution is 6.30. The van der Waals surface area contributed by atoms with Crippen LogP contribution in [0.2, 0.25) is 5.15 Å². The van der Waals surface area contributed by atoms with E-state index in [0.29, 0.717) is 0 Å². The van der Waals surface area contributed by atoms with E-state index in [2.05, 4.69) is 9.97 Å². The van der Waals surface area contributed by atoms with Crippen molar-refractivity contribution in [3.63, 3.8) is 0 Å². The van der Waals surface area contributed by atoms with Gasteiger partial charge in [-0.1, -0.05) is 18.5 Å². The molecule has 0 unspecified atom stereocenters. The van der Waals surface area contributed by atoms with E-state index in [1.807, 2.05) is 0 Å². The third kappa shape index (κ3) is 2.09. The summed E-state index contributed by atoms with van der Waals surface area (Å²) in [5.74, 6) is 0. The van der Waals surface area contributed by atoms with Crippen molar-refractivity contribution in [1.29, 1.82) is 0 Å². The third-order valence-electron chi connectivity index (χ3n) is 1.51. The van der Waals surface area contributed by atoms with Gasteiger partial charge in [0.15, 0.2) is 5.69 Å². The van der Waals surface area contributed by atoms with Crippen molar-refractivity contribution in [1.82, 2.24) is 9.97 Å². The summed E-state index contributed by atoms with van der Waals surface area (Å²) in [7, 11) is 0. The minimum absolute atomic E-state index is 0.0586. The number of hydrogen-bond donors (Lipinski definition) is 0. The highest BCUT2D eigenvalue weighted by Gasteiger charge is 2.35. The monoisotopic (exact) mass is 210 g/mol. The van der Waals surface area contributed by atoms with Crippen LogP contribution >= 0.6 is 11.6 Å². The van der Waals surface area contributed by atoms with E-state index >= 15 is 0 Å². The maximum atomic E-state index is 12.3. The molecule has 0 atom stereocenters. The maximum absolute atomic E-state index is 12.3. The molecule has 13 heavy (non-hydrogen) atoms. The topological polar surface area (TPSA) is 25.8 Å². The number of rotatable bonds is 1. The lowest BCUT2D eigenvalue weighted by molar-refractivity contribution is -0.141. The summed E-state index contributed by atoms with van der Waals surface area (Å²) in [5, 5.41) is -0.134. The molecule has 2 nitrogen and oxygen atoms in total. The summed E-state index contributed by atoms with van der Waals surface area (Å²) in [6, 6.07) is 0. The molecule has 0 spiro atoms. The zero-order valence-corrected chi connectivity index (χ0v) is 7.45. The fraction of sp³-hybridized carbons (Fsp3) is 0.429. The molecule has 72 valence electrons. The van der Waals surface area contributed by atoms with Gasteiger partial charge in [0.05, 0.1) is 0 Å². The summed E-state index contributed by atoms with van der Waals surface area (Å²) in [5.41, 5.74) is -1.01. The Bertz CT molecular complexity index is 311. The van der Waals surface area contributed by atoms with Gasteiger partial charge < -0.3 is 0 Å². The number of alkyl halides is 3. The molecular weight excluding hydrogens is 205 g/mol. The van der Waals surface area contributed by atoms with Crippen molar-refractivity contribution in [2.45, 2.75) is 19.5 Å². The van der Waals surface area contributed by atoms with Gasteiger partial charge in [-0.05, 0) is 6.42 Å². The zero-order chi connectivity index (χ0) is 10.1. The minimum atomic E-state index is -4.46. The molecule has 0 amide bonds. The van der Waals surface area contributed by atoms with Gasteiger partial charge in [-0.2, -0.15) is 13.2 Å². The number of aromatic nitrogens is 2. The van der Waals surface area contributed by atoms with Crippen molar-refractivity contribution in [3.05, 3.63) is 22.7 Å². The molecule has 6 heteroatoms. The van der Waals surface area contributed by atoms with Gasteiger partial charge >= 0.3 is 6.18 Å². The summed E-state index contributed by atoms with van der Waals surface area (Å²) in [6.07, 6.45) is -3.49. The summed E-state index contributed by atoms with van der Waals surface area (Å²) >= 11 is 5.48. The van der Waals surface area contributed by atoms with Crippen LogP contribution in [0.25, 0.3) is 0 Å². The van der Waals surface area contributed by atoms with Crippen LogP contribution < -0.4 is 0 Å². The predicted molar refractivity (Wildman–Crippen MR) is 41.4 cm³/mol. The first kappa shape index (κ1) is 10.2. The second-order valence-corrected chi connectivity index (χ2v) is 2.70. The standard InChI is InChI=1S/C7H6ClF3N2/c1-2-4-5(7(9,10)11)12-3-13-6(4)8/h3H,2H2,1H3. The van der Waals surface area contributed by atoms with Gasteiger partial charge in [-0.25, -0.2) is 9.97 Å². The van der Waals surface area contributed by atoms with E-state index in [1.165, 1.54) is 0 Å². The Morgan fingerprint density at radius 2 is 2.00 bits per heavy atom. The molecule has 0 aromatic carbocycles. The normalized spacial score (nSPS) is 11.8. The van der Waals surface area contributed by atoms with Crippen LogP contribution in [0, 0.1) is 0 Å². The average molecular weight is 211 g/mol. The quantitative estimate of drug-likeness (QED) is 0.666. The second-order valence-electron chi connectivity index (χ2n) is 2.34. The lowest BCUT2D eigenvalue weighted by Crippen LogP contribution is -2.12. The van der Waals surface area contributed by atoms with Crippen molar-refractivity contribution >= 4 is 11.6 Å². The van der Waals surface area contributed by atoms with E-state index in [4.69, 9.17) is 11.6 Å². The third-order valence-corrected chi connectivity index (χ3v) is 1.84. The number of halogens is 4. The van der Waals surface area contributed by atoms with Crippen molar-refractivity contribution < 1.29 is 13.2 Å². The Hall–Kier alpha value is -0.840. The smallest absolute Gasteiger partial charge is 0.231 e. The van der Waals surface area contributed by atoms with E-state index < -0.39 is 11.9 Å². The van der Waals surface area contributed by atoms with Gasteiger partial charge in [-0.3, -0.25) is 0 Å². The molecule has 1 aromatic rings. The predicted octanol–water partition coefficient (Wildman–Crippen LogP) is 2.71. The maximum Gasteiger partial charge on any atom is 0.433 e. The highest BCUT2D eigenvalue weighted by atomic mass is 35.5. The van der Waals surface area contributed by atoms with Gasteiger partial charge in [0.2, 0.25) is 0 Å². The molecule has 0 aliphatic carbocycles. The molecule has 0 aliphatic heterocycles. The SMILES string of the molecule is CCc1c(Cl)ncnc1C(F)(F)F. The summed E-state index contributed by atoms with van der Waals surface area (Å²) in [4.78, 5) is 6.64. The number of nitrogens with zero attached hydrogens (tertiary/aromatic N) is 2. The Morgan fingerprint density at radius 1 is 1.38 bits per heavy atom. The Morgan fingerprint density at radius 3 is 2.38 bits per heavy atom. The van der Waals surface area contributed by atoms with E-state index in [0.717, 1.165) is 6.33 Å². The van der Waals surface area contributed by atoms with Crippen LogP contribution in [0.1, 0.15) is 18.2 Å². The first-order chi connectivity index (χ1) is 5.96. The van der Waals surface area contributed by atoms with Gasteiger partial charge in [0, 0.05) is 5.56 Å². The first-order valence-electron chi connectivity index (χ1n) is 3.53. The van der Waals surface area contributed by atoms with Crippen LogP contribution in [-0.2, 0) is 12.6 Å². The zero-order valence-electron chi connectivity index (χ0n) is 6.69. The highest BCUT2D eigenvalue weighted by Crippen LogP contribution is 2.32. The molecule has 0 bridgehead atoms. The van der Waals surface area contributed by atoms with E-state index in [9.17, 15) is 13.2 Å². The molecule has 0 radical (unpaired) electrons. The van der Waals surface area contributed by atoms with Crippen LogP contribution in [0.5, 0.6) is 0 Å². The second kappa shape index (κ2) is 3.49. The molecule has 0 N–H and O–H groups in total. The van der Waals surface area contributed by atoms with Gasteiger partial charge in [0.1, 0.15) is 11.5 Å². The average Bonchev–Trinajstić information content (AvgIpc) is 2.02. The molecule has 0 saturated heterocycles. The van der Waals surface area contributed by atoms with Crippen LogP contribution in [-0.4, -0.2) is 9.97 Å². The summed E-state index contributed by atoms with van der Waals surface area (Å²) < 4.78 is 36.8. The summed E-state index contributed by atoms with van der Waals surface area (Å²) in [6.45, 7) is 1.57. The van der Waals surface area contributed by atoms with Gasteiger partial charge in [-0.15, -0.1) is 0 Å². The van der Waals surface area contributed by atoms with E-state index in [-0.39, 0.29) is 17.1 Å². The Labute approximate surface area is 77.8 Å². The first-order valence-corrected chi connectivity index (χ1v) is 3.91. The lowest BCUT2D eigenvalue weighted by atomic mass is 10.2. The van der Waals surface area contributed by atoms with Gasteiger partial charge in [0.25, 0.3) is 0 Å². The Kier molecular flexibility index (Phi) is 2.75. The largest absolute Gasteiger partial charge is 0.433 e. The Balaban J connectivity index is 3.29.